The maximum atomic E-state index is 5.72. The molecule has 0 aromatic carbocycles. The minimum atomic E-state index is -0.0423. The maximum absolute atomic E-state index is 5.72. The van der Waals surface area contributed by atoms with Gasteiger partial charge in [-0.3, -0.25) is 0 Å². The van der Waals surface area contributed by atoms with Crippen LogP contribution in [0.25, 0.3) is 0 Å². The molecule has 3 heteroatoms. The van der Waals surface area contributed by atoms with Gasteiger partial charge in [0, 0.05) is 6.04 Å². The predicted molar refractivity (Wildman–Crippen MR) is 36.0 cm³/mol. The molecule has 0 radical (unpaired) electrons. The number of hydrogen-bond donors (Lipinski definition) is 2. The van der Waals surface area contributed by atoms with Crippen LogP contribution in [0, 0.1) is 0 Å². The van der Waals surface area contributed by atoms with Crippen LogP contribution in [0.3, 0.4) is 0 Å². The van der Waals surface area contributed by atoms with Gasteiger partial charge in [0.1, 0.15) is 5.60 Å². The molecule has 3 nitrogen and oxygen atoms in total. The predicted octanol–water partition coefficient (Wildman–Crippen LogP) is -0.549. The van der Waals surface area contributed by atoms with E-state index in [1.165, 1.54) is 0 Å². The van der Waals surface area contributed by atoms with Crippen molar-refractivity contribution in [2.24, 2.45) is 11.5 Å². The quantitative estimate of drug-likeness (QED) is 0.504. The molecule has 1 saturated heterocycles. The van der Waals surface area contributed by atoms with Gasteiger partial charge >= 0.3 is 0 Å². The summed E-state index contributed by atoms with van der Waals surface area (Å²) in [6.07, 6.45) is 0.858. The lowest BCUT2D eigenvalue weighted by molar-refractivity contribution is 0.276. The summed E-state index contributed by atoms with van der Waals surface area (Å²) in [6, 6.07) is 0.127. The zero-order chi connectivity index (χ0) is 6.91. The Morgan fingerprint density at radius 1 is 1.78 bits per heavy atom. The Kier molecular flexibility index (Phi) is 1.75. The Bertz CT molecular complexity index is 101. The molecular weight excluding hydrogens is 116 g/mol. The molecule has 0 bridgehead atoms. The van der Waals surface area contributed by atoms with Crippen molar-refractivity contribution in [3.05, 3.63) is 0 Å². The second-order valence-corrected chi connectivity index (χ2v) is 2.79. The number of hydrogen-bond acceptors (Lipinski definition) is 3. The first kappa shape index (κ1) is 6.99. The Morgan fingerprint density at radius 3 is 2.67 bits per heavy atom. The van der Waals surface area contributed by atoms with Crippen LogP contribution in [0.2, 0.25) is 0 Å². The Morgan fingerprint density at radius 2 is 2.33 bits per heavy atom. The molecule has 1 aliphatic heterocycles. The molecule has 0 aromatic rings. The zero-order valence-corrected chi connectivity index (χ0v) is 5.76. The number of rotatable bonds is 3. The molecule has 2 unspecified atom stereocenters. The van der Waals surface area contributed by atoms with Crippen LogP contribution in [0.5, 0.6) is 0 Å². The average molecular weight is 130 g/mol. The molecule has 1 heterocycles. The Labute approximate surface area is 55.4 Å². The molecule has 9 heavy (non-hydrogen) atoms. The van der Waals surface area contributed by atoms with Crippen molar-refractivity contribution in [2.75, 3.05) is 13.2 Å². The second kappa shape index (κ2) is 2.25. The summed E-state index contributed by atoms with van der Waals surface area (Å²) in [6.45, 7) is 3.47. The monoisotopic (exact) mass is 130 g/mol. The maximum Gasteiger partial charge on any atom is 0.104 e. The van der Waals surface area contributed by atoms with E-state index >= 15 is 0 Å². The zero-order valence-electron chi connectivity index (χ0n) is 5.76. The molecule has 2 atom stereocenters. The van der Waals surface area contributed by atoms with E-state index in [-0.39, 0.29) is 11.6 Å². The summed E-state index contributed by atoms with van der Waals surface area (Å²) < 4.78 is 5.13. The Hall–Kier alpha value is -0.120. The molecule has 0 aliphatic carbocycles. The van der Waals surface area contributed by atoms with Crippen LogP contribution in [-0.2, 0) is 4.74 Å². The molecule has 0 saturated carbocycles. The molecule has 0 spiro atoms. The minimum absolute atomic E-state index is 0.0423. The third kappa shape index (κ3) is 1.41. The highest BCUT2D eigenvalue weighted by atomic mass is 16.6. The second-order valence-electron chi connectivity index (χ2n) is 2.79. The normalized spacial score (nSPS) is 36.3. The summed E-state index contributed by atoms with van der Waals surface area (Å²) in [7, 11) is 0. The average Bonchev–Trinajstić information content (AvgIpc) is 2.50. The van der Waals surface area contributed by atoms with Crippen molar-refractivity contribution in [2.45, 2.75) is 25.0 Å². The SMILES string of the molecule is CC1(C(N)CCN)CO1. The smallest absolute Gasteiger partial charge is 0.104 e. The van der Waals surface area contributed by atoms with Crippen LogP contribution in [0.1, 0.15) is 13.3 Å². The van der Waals surface area contributed by atoms with E-state index in [2.05, 4.69) is 0 Å². The van der Waals surface area contributed by atoms with E-state index in [0.29, 0.717) is 6.54 Å². The van der Waals surface area contributed by atoms with Crippen LogP contribution >= 0.6 is 0 Å². The minimum Gasteiger partial charge on any atom is -0.368 e. The van der Waals surface area contributed by atoms with Gasteiger partial charge in [0.2, 0.25) is 0 Å². The van der Waals surface area contributed by atoms with Crippen molar-refractivity contribution in [1.29, 1.82) is 0 Å². The van der Waals surface area contributed by atoms with E-state index in [1.54, 1.807) is 0 Å². The molecule has 54 valence electrons. The van der Waals surface area contributed by atoms with E-state index in [0.717, 1.165) is 13.0 Å². The molecule has 4 N–H and O–H groups in total. The van der Waals surface area contributed by atoms with Crippen molar-refractivity contribution in [1.82, 2.24) is 0 Å². The molecule has 1 fully saturated rings. The third-order valence-electron chi connectivity index (χ3n) is 1.86. The van der Waals surface area contributed by atoms with Gasteiger partial charge in [-0.05, 0) is 19.9 Å². The van der Waals surface area contributed by atoms with E-state index in [1.807, 2.05) is 6.92 Å². The lowest BCUT2D eigenvalue weighted by Crippen LogP contribution is -2.37. The first-order chi connectivity index (χ1) is 4.19. The summed E-state index contributed by atoms with van der Waals surface area (Å²) in [5, 5.41) is 0. The highest BCUT2D eigenvalue weighted by Gasteiger charge is 2.44. The number of ether oxygens (including phenoxy) is 1. The van der Waals surface area contributed by atoms with Crippen molar-refractivity contribution < 1.29 is 4.74 Å². The summed E-state index contributed by atoms with van der Waals surface area (Å²) in [5.74, 6) is 0. The molecule has 1 aliphatic rings. The van der Waals surface area contributed by atoms with Crippen LogP contribution < -0.4 is 11.5 Å². The first-order valence-electron chi connectivity index (χ1n) is 3.28. The summed E-state index contributed by atoms with van der Waals surface area (Å²) >= 11 is 0. The van der Waals surface area contributed by atoms with Crippen molar-refractivity contribution in [3.63, 3.8) is 0 Å². The van der Waals surface area contributed by atoms with Crippen LogP contribution in [-0.4, -0.2) is 24.8 Å². The third-order valence-corrected chi connectivity index (χ3v) is 1.86. The van der Waals surface area contributed by atoms with E-state index in [9.17, 15) is 0 Å². The highest BCUT2D eigenvalue weighted by Crippen LogP contribution is 2.29. The van der Waals surface area contributed by atoms with Gasteiger partial charge < -0.3 is 16.2 Å². The van der Waals surface area contributed by atoms with Crippen LogP contribution in [0.15, 0.2) is 0 Å². The largest absolute Gasteiger partial charge is 0.368 e. The lowest BCUT2D eigenvalue weighted by Gasteiger charge is -2.13. The van der Waals surface area contributed by atoms with E-state index in [4.69, 9.17) is 16.2 Å². The molecule has 0 aromatic heterocycles. The van der Waals surface area contributed by atoms with Gasteiger partial charge in [0.15, 0.2) is 0 Å². The van der Waals surface area contributed by atoms with Crippen molar-refractivity contribution >= 4 is 0 Å². The highest BCUT2D eigenvalue weighted by molar-refractivity contribution is 4.96. The van der Waals surface area contributed by atoms with Crippen molar-refractivity contribution in [3.8, 4) is 0 Å². The van der Waals surface area contributed by atoms with Gasteiger partial charge in [0.25, 0.3) is 0 Å². The van der Waals surface area contributed by atoms with E-state index < -0.39 is 0 Å². The molecular formula is C6H14N2O. The summed E-state index contributed by atoms with van der Waals surface area (Å²) in [4.78, 5) is 0. The lowest BCUT2D eigenvalue weighted by atomic mass is 10.0. The summed E-state index contributed by atoms with van der Waals surface area (Å²) in [5.41, 5.74) is 11.0. The van der Waals surface area contributed by atoms with Gasteiger partial charge in [-0.1, -0.05) is 0 Å². The first-order valence-corrected chi connectivity index (χ1v) is 3.28. The molecule has 1 rings (SSSR count). The van der Waals surface area contributed by atoms with Gasteiger partial charge in [-0.2, -0.15) is 0 Å². The van der Waals surface area contributed by atoms with Gasteiger partial charge in [-0.25, -0.2) is 0 Å². The fourth-order valence-electron chi connectivity index (χ4n) is 0.813. The number of nitrogens with two attached hydrogens (primary N) is 2. The van der Waals surface area contributed by atoms with Crippen LogP contribution in [0.4, 0.5) is 0 Å². The van der Waals surface area contributed by atoms with Gasteiger partial charge in [-0.15, -0.1) is 0 Å². The fraction of sp³-hybridized carbons (Fsp3) is 1.00. The Balaban J connectivity index is 2.24. The fourth-order valence-corrected chi connectivity index (χ4v) is 0.813. The topological polar surface area (TPSA) is 64.6 Å². The molecule has 0 amide bonds. The number of epoxide rings is 1. The van der Waals surface area contributed by atoms with Gasteiger partial charge in [0.05, 0.1) is 6.61 Å². The standard InChI is InChI=1S/C6H14N2O/c1-6(4-9-6)5(8)2-3-7/h5H,2-4,7-8H2,1H3.